The first-order valence-corrected chi connectivity index (χ1v) is 10.1. The number of aromatic amines is 1. The van der Waals surface area contributed by atoms with Crippen LogP contribution in [0.15, 0.2) is 67.3 Å². The Morgan fingerprint density at radius 2 is 1.81 bits per heavy atom. The minimum Gasteiger partial charge on any atom is -0.504 e. The second-order valence-electron chi connectivity index (χ2n) is 7.07. The van der Waals surface area contributed by atoms with Gasteiger partial charge in [0.05, 0.1) is 25.4 Å². The molecule has 0 radical (unpaired) electrons. The lowest BCUT2D eigenvalue weighted by Gasteiger charge is -2.10. The number of ether oxygens (including phenoxy) is 3. The lowest BCUT2D eigenvalue weighted by atomic mass is 10.0. The van der Waals surface area contributed by atoms with Gasteiger partial charge < -0.3 is 19.3 Å². The molecule has 6 nitrogen and oxygen atoms in total. The van der Waals surface area contributed by atoms with Crippen LogP contribution < -0.4 is 14.2 Å². The van der Waals surface area contributed by atoms with Gasteiger partial charge in [0.2, 0.25) is 0 Å². The highest BCUT2D eigenvalue weighted by Gasteiger charge is 2.12. The molecular weight excluding hydrogens is 404 g/mol. The largest absolute Gasteiger partial charge is 0.504 e. The number of aromatic nitrogens is 2. The Bertz CT molecular complexity index is 1290. The summed E-state index contributed by atoms with van der Waals surface area (Å²) in [6, 6.07) is 17.1. The maximum absolute atomic E-state index is 10.6. The van der Waals surface area contributed by atoms with E-state index in [4.69, 9.17) is 14.2 Å². The quantitative estimate of drug-likeness (QED) is 0.353. The highest BCUT2D eigenvalue weighted by molar-refractivity contribution is 5.92. The summed E-state index contributed by atoms with van der Waals surface area (Å²) >= 11 is 0. The van der Waals surface area contributed by atoms with Gasteiger partial charge in [-0.1, -0.05) is 43.0 Å². The molecule has 3 aromatic carbocycles. The smallest absolute Gasteiger partial charge is 0.165 e. The Balaban J connectivity index is 1.63. The highest BCUT2D eigenvalue weighted by Crippen LogP contribution is 2.38. The highest BCUT2D eigenvalue weighted by atomic mass is 16.5. The number of para-hydroxylation sites is 1. The number of rotatable bonds is 8. The number of nitrogens with zero attached hydrogens (tertiary/aromatic N) is 1. The van der Waals surface area contributed by atoms with Crippen LogP contribution >= 0.6 is 0 Å². The third kappa shape index (κ3) is 4.16. The first-order valence-electron chi connectivity index (χ1n) is 10.1. The van der Waals surface area contributed by atoms with Gasteiger partial charge >= 0.3 is 0 Å². The van der Waals surface area contributed by atoms with Crippen molar-refractivity contribution in [2.45, 2.75) is 0 Å². The molecule has 162 valence electrons. The molecule has 0 amide bonds. The number of aromatic hydroxyl groups is 1. The SMILES string of the molecule is C=CCOc1cccc(-c2ccc3c(C=Cc4ccc(OC)c(OC)c4)n[nH]c3c2)c1O. The van der Waals surface area contributed by atoms with Gasteiger partial charge in [-0.15, -0.1) is 0 Å². The predicted octanol–water partition coefficient (Wildman–Crippen LogP) is 5.69. The fourth-order valence-corrected chi connectivity index (χ4v) is 3.49. The van der Waals surface area contributed by atoms with E-state index in [-0.39, 0.29) is 5.75 Å². The Kier molecular flexibility index (Phi) is 6.12. The van der Waals surface area contributed by atoms with E-state index in [2.05, 4.69) is 16.8 Å². The summed E-state index contributed by atoms with van der Waals surface area (Å²) in [7, 11) is 3.23. The van der Waals surface area contributed by atoms with Crippen LogP contribution in [0.25, 0.3) is 34.2 Å². The number of fused-ring (bicyclic) bond motifs is 1. The average Bonchev–Trinajstić information content (AvgIpc) is 3.24. The topological polar surface area (TPSA) is 76.6 Å². The van der Waals surface area contributed by atoms with E-state index in [0.717, 1.165) is 27.7 Å². The summed E-state index contributed by atoms with van der Waals surface area (Å²) in [5.74, 6) is 1.88. The molecule has 6 heteroatoms. The summed E-state index contributed by atoms with van der Waals surface area (Å²) < 4.78 is 16.2. The molecule has 1 aromatic heterocycles. The van der Waals surface area contributed by atoms with Gasteiger partial charge in [-0.25, -0.2) is 0 Å². The lowest BCUT2D eigenvalue weighted by molar-refractivity contribution is 0.337. The van der Waals surface area contributed by atoms with Crippen molar-refractivity contribution in [2.75, 3.05) is 20.8 Å². The van der Waals surface area contributed by atoms with Crippen molar-refractivity contribution >= 4 is 23.1 Å². The molecule has 0 unspecified atom stereocenters. The van der Waals surface area contributed by atoms with Crippen molar-refractivity contribution < 1.29 is 19.3 Å². The van der Waals surface area contributed by atoms with Crippen molar-refractivity contribution in [1.29, 1.82) is 0 Å². The number of nitrogens with one attached hydrogen (secondary N) is 1. The van der Waals surface area contributed by atoms with E-state index in [1.807, 2.05) is 60.7 Å². The zero-order valence-corrected chi connectivity index (χ0v) is 18.0. The fraction of sp³-hybridized carbons (Fsp3) is 0.115. The number of benzene rings is 3. The van der Waals surface area contributed by atoms with Gasteiger partial charge in [0.25, 0.3) is 0 Å². The molecule has 2 N–H and O–H groups in total. The molecule has 32 heavy (non-hydrogen) atoms. The van der Waals surface area contributed by atoms with Crippen LogP contribution in [-0.2, 0) is 0 Å². The number of methoxy groups -OCH3 is 2. The molecule has 1 heterocycles. The molecule has 0 atom stereocenters. The van der Waals surface area contributed by atoms with Crippen molar-refractivity contribution in [3.05, 3.63) is 78.5 Å². The third-order valence-electron chi connectivity index (χ3n) is 5.10. The molecule has 4 aromatic rings. The van der Waals surface area contributed by atoms with E-state index in [0.29, 0.717) is 29.4 Å². The molecule has 0 aliphatic rings. The van der Waals surface area contributed by atoms with E-state index in [1.54, 1.807) is 26.4 Å². The molecular formula is C26H24N2O4. The fourth-order valence-electron chi connectivity index (χ4n) is 3.49. The molecule has 0 fully saturated rings. The summed E-state index contributed by atoms with van der Waals surface area (Å²) in [6.45, 7) is 3.96. The number of phenols is 1. The molecule has 0 saturated heterocycles. The van der Waals surface area contributed by atoms with Gasteiger partial charge in [-0.2, -0.15) is 5.10 Å². The van der Waals surface area contributed by atoms with E-state index >= 15 is 0 Å². The number of phenolic OH excluding ortho intramolecular Hbond substituents is 1. The zero-order valence-electron chi connectivity index (χ0n) is 18.0. The molecule has 0 spiro atoms. The Morgan fingerprint density at radius 3 is 2.59 bits per heavy atom. The standard InChI is InChI=1S/C26H24N2O4/c1-4-14-32-24-7-5-6-19(26(24)29)18-10-11-20-21(27-28-22(20)16-18)12-8-17-9-13-23(30-2)25(15-17)31-3/h4-13,15-16,29H,1,14H2,2-3H3,(H,27,28). The van der Waals surface area contributed by atoms with Crippen molar-refractivity contribution in [3.8, 4) is 34.1 Å². The van der Waals surface area contributed by atoms with Gasteiger partial charge in [0.15, 0.2) is 23.0 Å². The van der Waals surface area contributed by atoms with Crippen LogP contribution in [0.1, 0.15) is 11.3 Å². The van der Waals surface area contributed by atoms with Crippen LogP contribution in [0, 0.1) is 0 Å². The number of H-pyrrole nitrogens is 1. The van der Waals surface area contributed by atoms with Crippen LogP contribution in [0.5, 0.6) is 23.0 Å². The van der Waals surface area contributed by atoms with Crippen molar-refractivity contribution in [3.63, 3.8) is 0 Å². The Hall–Kier alpha value is -4.19. The normalized spacial score (nSPS) is 11.1. The minimum atomic E-state index is 0.0989. The molecule has 0 saturated carbocycles. The van der Waals surface area contributed by atoms with Crippen LogP contribution in [0.3, 0.4) is 0 Å². The maximum Gasteiger partial charge on any atom is 0.165 e. The third-order valence-corrected chi connectivity index (χ3v) is 5.10. The van der Waals surface area contributed by atoms with Crippen molar-refractivity contribution in [2.24, 2.45) is 0 Å². The molecule has 0 aliphatic heterocycles. The molecule has 4 rings (SSSR count). The van der Waals surface area contributed by atoms with Crippen LogP contribution in [0.4, 0.5) is 0 Å². The Labute approximate surface area is 186 Å². The maximum atomic E-state index is 10.6. The van der Waals surface area contributed by atoms with E-state index in [9.17, 15) is 5.11 Å². The molecule has 0 bridgehead atoms. The van der Waals surface area contributed by atoms with Gasteiger partial charge in [0, 0.05) is 10.9 Å². The molecule has 0 aliphatic carbocycles. The number of hydrogen-bond acceptors (Lipinski definition) is 5. The van der Waals surface area contributed by atoms with E-state index in [1.165, 1.54) is 0 Å². The summed E-state index contributed by atoms with van der Waals surface area (Å²) in [4.78, 5) is 0. The average molecular weight is 428 g/mol. The second-order valence-corrected chi connectivity index (χ2v) is 7.07. The van der Waals surface area contributed by atoms with Gasteiger partial charge in [-0.3, -0.25) is 5.10 Å². The minimum absolute atomic E-state index is 0.0989. The summed E-state index contributed by atoms with van der Waals surface area (Å²) in [5.41, 5.74) is 4.19. The summed E-state index contributed by atoms with van der Waals surface area (Å²) in [5, 5.41) is 19.1. The van der Waals surface area contributed by atoms with Crippen molar-refractivity contribution in [1.82, 2.24) is 10.2 Å². The van der Waals surface area contributed by atoms with Gasteiger partial charge in [0.1, 0.15) is 6.61 Å². The first-order chi connectivity index (χ1) is 15.6. The van der Waals surface area contributed by atoms with Gasteiger partial charge in [-0.05, 0) is 47.5 Å². The van der Waals surface area contributed by atoms with Crippen LogP contribution in [-0.4, -0.2) is 36.1 Å². The number of hydrogen-bond donors (Lipinski definition) is 2. The predicted molar refractivity (Wildman–Crippen MR) is 127 cm³/mol. The summed E-state index contributed by atoms with van der Waals surface area (Å²) in [6.07, 6.45) is 5.55. The second kappa shape index (κ2) is 9.31. The van der Waals surface area contributed by atoms with E-state index < -0.39 is 0 Å². The van der Waals surface area contributed by atoms with Crippen LogP contribution in [0.2, 0.25) is 0 Å². The zero-order chi connectivity index (χ0) is 22.5. The lowest BCUT2D eigenvalue weighted by Crippen LogP contribution is -1.93. The Morgan fingerprint density at radius 1 is 0.969 bits per heavy atom. The first kappa shape index (κ1) is 21.1. The monoisotopic (exact) mass is 428 g/mol.